The van der Waals surface area contributed by atoms with Crippen LogP contribution in [-0.2, 0) is 9.47 Å². The second-order valence-corrected chi connectivity index (χ2v) is 6.76. The molecule has 6 nitrogen and oxygen atoms in total. The SMILES string of the molecule is CCOC(=O)c1sc(-c2ccc(C(=O)N[C@@H]3CCOC3)cc2)nc1C. The maximum atomic E-state index is 12.2. The van der Waals surface area contributed by atoms with Crippen LogP contribution in [0.15, 0.2) is 24.3 Å². The molecule has 1 N–H and O–H groups in total. The number of carbonyl (C=O) groups is 2. The zero-order valence-electron chi connectivity index (χ0n) is 14.2. The predicted octanol–water partition coefficient (Wildman–Crippen LogP) is 2.81. The summed E-state index contributed by atoms with van der Waals surface area (Å²) in [6.45, 7) is 5.16. The van der Waals surface area contributed by atoms with Gasteiger partial charge in [-0.3, -0.25) is 4.79 Å². The van der Waals surface area contributed by atoms with Crippen molar-refractivity contribution < 1.29 is 19.1 Å². The average Bonchev–Trinajstić information content (AvgIpc) is 3.25. The monoisotopic (exact) mass is 360 g/mol. The Kier molecular flexibility index (Phi) is 5.45. The molecule has 1 aliphatic rings. The molecule has 1 saturated heterocycles. The lowest BCUT2D eigenvalue weighted by Crippen LogP contribution is -2.34. The van der Waals surface area contributed by atoms with Crippen LogP contribution in [0.2, 0.25) is 0 Å². The molecule has 7 heteroatoms. The molecule has 2 heterocycles. The number of benzene rings is 1. The molecule has 1 atom stereocenters. The highest BCUT2D eigenvalue weighted by Crippen LogP contribution is 2.28. The van der Waals surface area contributed by atoms with Gasteiger partial charge in [0.15, 0.2) is 0 Å². The van der Waals surface area contributed by atoms with Crippen molar-refractivity contribution in [3.05, 3.63) is 40.4 Å². The molecule has 1 amide bonds. The van der Waals surface area contributed by atoms with Crippen molar-refractivity contribution in [2.24, 2.45) is 0 Å². The third-order valence-electron chi connectivity index (χ3n) is 3.92. The van der Waals surface area contributed by atoms with E-state index < -0.39 is 0 Å². The second-order valence-electron chi connectivity index (χ2n) is 5.77. The lowest BCUT2D eigenvalue weighted by atomic mass is 10.1. The Labute approximate surface area is 150 Å². The zero-order valence-corrected chi connectivity index (χ0v) is 15.0. The molecule has 1 fully saturated rings. The predicted molar refractivity (Wildman–Crippen MR) is 94.9 cm³/mol. The summed E-state index contributed by atoms with van der Waals surface area (Å²) in [7, 11) is 0. The van der Waals surface area contributed by atoms with Crippen molar-refractivity contribution in [1.29, 1.82) is 0 Å². The summed E-state index contributed by atoms with van der Waals surface area (Å²) in [5, 5.41) is 3.69. The van der Waals surface area contributed by atoms with Gasteiger partial charge in [0.2, 0.25) is 0 Å². The molecule has 132 valence electrons. The maximum Gasteiger partial charge on any atom is 0.350 e. The van der Waals surface area contributed by atoms with Gasteiger partial charge in [-0.2, -0.15) is 0 Å². The number of aryl methyl sites for hydroxylation is 1. The van der Waals surface area contributed by atoms with E-state index in [9.17, 15) is 9.59 Å². The molecule has 3 rings (SSSR count). The second kappa shape index (κ2) is 7.76. The number of carbonyl (C=O) groups excluding carboxylic acids is 2. The third-order valence-corrected chi connectivity index (χ3v) is 5.10. The summed E-state index contributed by atoms with van der Waals surface area (Å²) in [5.74, 6) is -0.455. The molecule has 2 aromatic rings. The Morgan fingerprint density at radius 1 is 1.36 bits per heavy atom. The number of rotatable bonds is 5. The molecule has 1 aromatic carbocycles. The Bertz CT molecular complexity index is 764. The minimum atomic E-state index is -0.349. The molecular weight excluding hydrogens is 340 g/mol. The lowest BCUT2D eigenvalue weighted by Gasteiger charge is -2.10. The number of aromatic nitrogens is 1. The maximum absolute atomic E-state index is 12.2. The third kappa shape index (κ3) is 4.05. The van der Waals surface area contributed by atoms with Crippen molar-refractivity contribution in [3.8, 4) is 10.6 Å². The van der Waals surface area contributed by atoms with Gasteiger partial charge in [-0.15, -0.1) is 11.3 Å². The Hall–Kier alpha value is -2.25. The van der Waals surface area contributed by atoms with Crippen LogP contribution in [0, 0.1) is 6.92 Å². The van der Waals surface area contributed by atoms with E-state index in [2.05, 4.69) is 10.3 Å². The van der Waals surface area contributed by atoms with Crippen LogP contribution in [0.4, 0.5) is 0 Å². The van der Waals surface area contributed by atoms with Crippen LogP contribution in [-0.4, -0.2) is 42.7 Å². The van der Waals surface area contributed by atoms with Crippen molar-refractivity contribution >= 4 is 23.2 Å². The van der Waals surface area contributed by atoms with Crippen LogP contribution in [0.1, 0.15) is 39.1 Å². The van der Waals surface area contributed by atoms with Gasteiger partial charge >= 0.3 is 5.97 Å². The molecule has 1 aromatic heterocycles. The molecule has 0 aliphatic carbocycles. The Morgan fingerprint density at radius 3 is 2.76 bits per heavy atom. The van der Waals surface area contributed by atoms with E-state index in [1.807, 2.05) is 12.1 Å². The minimum Gasteiger partial charge on any atom is -0.462 e. The number of amides is 1. The van der Waals surface area contributed by atoms with E-state index >= 15 is 0 Å². The molecule has 0 bridgehead atoms. The van der Waals surface area contributed by atoms with E-state index in [0.717, 1.165) is 17.0 Å². The number of nitrogens with zero attached hydrogens (tertiary/aromatic N) is 1. The van der Waals surface area contributed by atoms with Crippen LogP contribution in [0.5, 0.6) is 0 Å². The molecule has 0 saturated carbocycles. The fraction of sp³-hybridized carbons (Fsp3) is 0.389. The molecule has 1 aliphatic heterocycles. The average molecular weight is 360 g/mol. The first-order valence-corrected chi connectivity index (χ1v) is 9.03. The summed E-state index contributed by atoms with van der Waals surface area (Å²) in [5.41, 5.74) is 2.11. The smallest absolute Gasteiger partial charge is 0.350 e. The van der Waals surface area contributed by atoms with Crippen molar-refractivity contribution in [2.75, 3.05) is 19.8 Å². The van der Waals surface area contributed by atoms with E-state index in [1.54, 1.807) is 26.0 Å². The van der Waals surface area contributed by atoms with Crippen LogP contribution < -0.4 is 5.32 Å². The van der Waals surface area contributed by atoms with Crippen molar-refractivity contribution in [1.82, 2.24) is 10.3 Å². The molecule has 0 spiro atoms. The summed E-state index contributed by atoms with van der Waals surface area (Å²) in [6, 6.07) is 7.30. The number of esters is 1. The van der Waals surface area contributed by atoms with Crippen LogP contribution in [0.25, 0.3) is 10.6 Å². The van der Waals surface area contributed by atoms with Gasteiger partial charge in [0, 0.05) is 17.7 Å². The van der Waals surface area contributed by atoms with Gasteiger partial charge in [-0.25, -0.2) is 9.78 Å². The van der Waals surface area contributed by atoms with Gasteiger partial charge < -0.3 is 14.8 Å². The zero-order chi connectivity index (χ0) is 17.8. The van der Waals surface area contributed by atoms with E-state index in [-0.39, 0.29) is 17.9 Å². The van der Waals surface area contributed by atoms with Crippen molar-refractivity contribution in [3.63, 3.8) is 0 Å². The number of nitrogens with one attached hydrogen (secondary N) is 1. The summed E-state index contributed by atoms with van der Waals surface area (Å²) >= 11 is 1.30. The first-order chi connectivity index (χ1) is 12.1. The van der Waals surface area contributed by atoms with Gasteiger partial charge in [-0.1, -0.05) is 12.1 Å². The fourth-order valence-electron chi connectivity index (χ4n) is 2.59. The first-order valence-electron chi connectivity index (χ1n) is 8.22. The summed E-state index contributed by atoms with van der Waals surface area (Å²) in [6.07, 6.45) is 0.846. The van der Waals surface area contributed by atoms with Gasteiger partial charge in [0.1, 0.15) is 9.88 Å². The highest BCUT2D eigenvalue weighted by Gasteiger charge is 2.19. The standard InChI is InChI=1S/C18H20N2O4S/c1-3-24-18(22)15-11(2)19-17(25-15)13-6-4-12(5-7-13)16(21)20-14-8-9-23-10-14/h4-7,14H,3,8-10H2,1-2H3,(H,20,21)/t14-/m1/s1. The highest BCUT2D eigenvalue weighted by molar-refractivity contribution is 7.17. The van der Waals surface area contributed by atoms with E-state index in [1.165, 1.54) is 11.3 Å². The van der Waals surface area contributed by atoms with Crippen molar-refractivity contribution in [2.45, 2.75) is 26.3 Å². The summed E-state index contributed by atoms with van der Waals surface area (Å²) < 4.78 is 10.3. The van der Waals surface area contributed by atoms with Gasteiger partial charge in [0.25, 0.3) is 5.91 Å². The fourth-order valence-corrected chi connectivity index (χ4v) is 3.55. The largest absolute Gasteiger partial charge is 0.462 e. The van der Waals surface area contributed by atoms with E-state index in [0.29, 0.717) is 36.0 Å². The number of ether oxygens (including phenoxy) is 2. The Balaban J connectivity index is 1.72. The Morgan fingerprint density at radius 2 is 2.12 bits per heavy atom. The molecule has 0 radical (unpaired) electrons. The van der Waals surface area contributed by atoms with Gasteiger partial charge in [-0.05, 0) is 32.4 Å². The normalized spacial score (nSPS) is 16.6. The van der Waals surface area contributed by atoms with Gasteiger partial charge in [0.05, 0.1) is 24.9 Å². The molecule has 0 unspecified atom stereocenters. The molecule has 25 heavy (non-hydrogen) atoms. The lowest BCUT2D eigenvalue weighted by molar-refractivity contribution is 0.0531. The summed E-state index contributed by atoms with van der Waals surface area (Å²) in [4.78, 5) is 29.1. The number of hydrogen-bond acceptors (Lipinski definition) is 6. The first kappa shape index (κ1) is 17.6. The minimum absolute atomic E-state index is 0.0842. The highest BCUT2D eigenvalue weighted by atomic mass is 32.1. The number of thiazole rings is 1. The van der Waals surface area contributed by atoms with E-state index in [4.69, 9.17) is 9.47 Å². The van der Waals surface area contributed by atoms with Crippen LogP contribution >= 0.6 is 11.3 Å². The number of hydrogen-bond donors (Lipinski definition) is 1. The quantitative estimate of drug-likeness (QED) is 0.830. The molecular formula is C18H20N2O4S. The van der Waals surface area contributed by atoms with Crippen LogP contribution in [0.3, 0.4) is 0 Å². The topological polar surface area (TPSA) is 77.5 Å².